The summed E-state index contributed by atoms with van der Waals surface area (Å²) < 4.78 is 37.0. The molecule has 6 heteroatoms. The van der Waals surface area contributed by atoms with Crippen LogP contribution in [0.2, 0.25) is 0 Å². The molecule has 0 bridgehead atoms. The van der Waals surface area contributed by atoms with Gasteiger partial charge < -0.3 is 5.73 Å². The number of halogens is 3. The number of alkyl halides is 3. The average Bonchev–Trinajstić information content (AvgIpc) is 2.35. The van der Waals surface area contributed by atoms with E-state index in [2.05, 4.69) is 5.10 Å². The second-order valence-corrected chi connectivity index (χ2v) is 2.28. The van der Waals surface area contributed by atoms with Crippen LogP contribution in [0.25, 0.3) is 0 Å². The predicted molar refractivity (Wildman–Crippen MR) is 36.3 cm³/mol. The van der Waals surface area contributed by atoms with E-state index < -0.39 is 11.7 Å². The summed E-state index contributed by atoms with van der Waals surface area (Å²) in [7, 11) is 0. The SMILES string of the molecule is NCCn1cc(C(F)(F)F)cn1. The van der Waals surface area contributed by atoms with Crippen LogP contribution >= 0.6 is 0 Å². The summed E-state index contributed by atoms with van der Waals surface area (Å²) in [6.07, 6.45) is -2.59. The van der Waals surface area contributed by atoms with Crippen LogP contribution in [0.4, 0.5) is 13.2 Å². The molecule has 0 saturated carbocycles. The topological polar surface area (TPSA) is 43.8 Å². The van der Waals surface area contributed by atoms with Gasteiger partial charge in [0.25, 0.3) is 0 Å². The summed E-state index contributed by atoms with van der Waals surface area (Å²) in [4.78, 5) is 0. The molecule has 0 spiro atoms. The maximum absolute atomic E-state index is 12.0. The number of rotatable bonds is 2. The smallest absolute Gasteiger partial charge is 0.329 e. The van der Waals surface area contributed by atoms with Crippen molar-refractivity contribution in [1.29, 1.82) is 0 Å². The maximum atomic E-state index is 12.0. The van der Waals surface area contributed by atoms with Crippen molar-refractivity contribution >= 4 is 0 Å². The fraction of sp³-hybridized carbons (Fsp3) is 0.500. The van der Waals surface area contributed by atoms with Gasteiger partial charge in [0, 0.05) is 12.7 Å². The van der Waals surface area contributed by atoms with Crippen molar-refractivity contribution in [1.82, 2.24) is 9.78 Å². The standard InChI is InChI=1S/C6H8F3N3/c7-6(8,9)5-3-11-12(4-5)2-1-10/h3-4H,1-2,10H2. The fourth-order valence-electron chi connectivity index (χ4n) is 0.765. The van der Waals surface area contributed by atoms with Crippen LogP contribution in [-0.4, -0.2) is 16.3 Å². The van der Waals surface area contributed by atoms with Crippen LogP contribution in [0, 0.1) is 0 Å². The van der Waals surface area contributed by atoms with E-state index in [4.69, 9.17) is 5.73 Å². The number of nitrogens with zero attached hydrogens (tertiary/aromatic N) is 2. The van der Waals surface area contributed by atoms with E-state index in [1.54, 1.807) is 0 Å². The molecule has 0 aliphatic carbocycles. The Kier molecular flexibility index (Phi) is 2.37. The van der Waals surface area contributed by atoms with Crippen molar-refractivity contribution < 1.29 is 13.2 Å². The van der Waals surface area contributed by atoms with E-state index in [0.717, 1.165) is 12.4 Å². The lowest BCUT2D eigenvalue weighted by atomic mass is 10.4. The lowest BCUT2D eigenvalue weighted by molar-refractivity contribution is -0.137. The molecular formula is C6H8F3N3. The number of aromatic nitrogens is 2. The Labute approximate surface area is 67.0 Å². The van der Waals surface area contributed by atoms with Gasteiger partial charge in [-0.1, -0.05) is 0 Å². The zero-order valence-electron chi connectivity index (χ0n) is 6.17. The molecule has 68 valence electrons. The van der Waals surface area contributed by atoms with Crippen LogP contribution in [-0.2, 0) is 12.7 Å². The first-order chi connectivity index (χ1) is 5.54. The summed E-state index contributed by atoms with van der Waals surface area (Å²) in [5.41, 5.74) is 4.40. The van der Waals surface area contributed by atoms with Gasteiger partial charge in [-0.3, -0.25) is 4.68 Å². The third-order valence-electron chi connectivity index (χ3n) is 1.32. The van der Waals surface area contributed by atoms with E-state index in [1.165, 1.54) is 4.68 Å². The zero-order valence-corrected chi connectivity index (χ0v) is 6.17. The van der Waals surface area contributed by atoms with Gasteiger partial charge in [-0.15, -0.1) is 0 Å². The normalized spacial score (nSPS) is 12.0. The molecular weight excluding hydrogens is 171 g/mol. The molecule has 1 rings (SSSR count). The molecule has 0 amide bonds. The fourth-order valence-corrected chi connectivity index (χ4v) is 0.765. The minimum atomic E-state index is -4.31. The van der Waals surface area contributed by atoms with E-state index in [1.807, 2.05) is 0 Å². The molecule has 0 aromatic carbocycles. The summed E-state index contributed by atoms with van der Waals surface area (Å²) in [6.45, 7) is 0.578. The van der Waals surface area contributed by atoms with Crippen molar-refractivity contribution in [3.63, 3.8) is 0 Å². The van der Waals surface area contributed by atoms with Gasteiger partial charge in [0.15, 0.2) is 0 Å². The van der Waals surface area contributed by atoms with Crippen molar-refractivity contribution in [3.05, 3.63) is 18.0 Å². The van der Waals surface area contributed by atoms with Gasteiger partial charge in [0.2, 0.25) is 0 Å². The van der Waals surface area contributed by atoms with Crippen molar-refractivity contribution in [2.45, 2.75) is 12.7 Å². The Balaban J connectivity index is 2.77. The van der Waals surface area contributed by atoms with Gasteiger partial charge in [0.05, 0.1) is 18.3 Å². The zero-order chi connectivity index (χ0) is 9.19. The second-order valence-electron chi connectivity index (χ2n) is 2.28. The molecule has 0 radical (unpaired) electrons. The largest absolute Gasteiger partial charge is 0.419 e. The molecule has 2 N–H and O–H groups in total. The molecule has 0 fully saturated rings. The molecule has 0 saturated heterocycles. The van der Waals surface area contributed by atoms with Crippen LogP contribution in [0.1, 0.15) is 5.56 Å². The monoisotopic (exact) mass is 179 g/mol. The first-order valence-electron chi connectivity index (χ1n) is 3.34. The number of hydrogen-bond donors (Lipinski definition) is 1. The van der Waals surface area contributed by atoms with Gasteiger partial charge in [-0.05, 0) is 0 Å². The van der Waals surface area contributed by atoms with E-state index in [0.29, 0.717) is 6.54 Å². The van der Waals surface area contributed by atoms with Crippen molar-refractivity contribution in [2.75, 3.05) is 6.54 Å². The molecule has 3 nitrogen and oxygen atoms in total. The minimum Gasteiger partial charge on any atom is -0.329 e. The third kappa shape index (κ3) is 1.97. The second kappa shape index (κ2) is 3.14. The van der Waals surface area contributed by atoms with Crippen LogP contribution in [0.3, 0.4) is 0 Å². The highest BCUT2D eigenvalue weighted by atomic mass is 19.4. The van der Waals surface area contributed by atoms with Gasteiger partial charge in [0.1, 0.15) is 0 Å². The molecule has 0 aliphatic heterocycles. The predicted octanol–water partition coefficient (Wildman–Crippen LogP) is 0.861. The van der Waals surface area contributed by atoms with Gasteiger partial charge in [-0.2, -0.15) is 18.3 Å². The Bertz CT molecular complexity index is 253. The van der Waals surface area contributed by atoms with Crippen molar-refractivity contribution in [3.8, 4) is 0 Å². The molecule has 0 atom stereocenters. The summed E-state index contributed by atoms with van der Waals surface area (Å²) in [5, 5.41) is 3.49. The molecule has 1 heterocycles. The summed E-state index contributed by atoms with van der Waals surface area (Å²) in [5.74, 6) is 0. The Morgan fingerprint density at radius 2 is 2.17 bits per heavy atom. The lowest BCUT2D eigenvalue weighted by Crippen LogP contribution is -2.10. The first-order valence-corrected chi connectivity index (χ1v) is 3.34. The van der Waals surface area contributed by atoms with Crippen LogP contribution in [0.5, 0.6) is 0 Å². The lowest BCUT2D eigenvalue weighted by Gasteiger charge is -2.00. The molecule has 1 aromatic heterocycles. The molecule has 0 aliphatic rings. The van der Waals surface area contributed by atoms with Gasteiger partial charge >= 0.3 is 6.18 Å². The van der Waals surface area contributed by atoms with Gasteiger partial charge in [-0.25, -0.2) is 0 Å². The highest BCUT2D eigenvalue weighted by molar-refractivity contribution is 5.08. The molecule has 0 unspecified atom stereocenters. The summed E-state index contributed by atoms with van der Waals surface area (Å²) in [6, 6.07) is 0. The van der Waals surface area contributed by atoms with E-state index >= 15 is 0 Å². The van der Waals surface area contributed by atoms with Crippen LogP contribution in [0.15, 0.2) is 12.4 Å². The Morgan fingerprint density at radius 1 is 1.50 bits per heavy atom. The number of nitrogens with two attached hydrogens (primary N) is 1. The first kappa shape index (κ1) is 9.05. The number of hydrogen-bond acceptors (Lipinski definition) is 2. The maximum Gasteiger partial charge on any atom is 0.419 e. The highest BCUT2D eigenvalue weighted by Crippen LogP contribution is 2.28. The quantitative estimate of drug-likeness (QED) is 0.731. The third-order valence-corrected chi connectivity index (χ3v) is 1.32. The van der Waals surface area contributed by atoms with Crippen molar-refractivity contribution in [2.24, 2.45) is 5.73 Å². The van der Waals surface area contributed by atoms with Crippen LogP contribution < -0.4 is 5.73 Å². The molecule has 12 heavy (non-hydrogen) atoms. The minimum absolute atomic E-state index is 0.277. The Hall–Kier alpha value is -1.04. The van der Waals surface area contributed by atoms with E-state index in [-0.39, 0.29) is 6.54 Å². The average molecular weight is 179 g/mol. The highest BCUT2D eigenvalue weighted by Gasteiger charge is 2.31. The van der Waals surface area contributed by atoms with E-state index in [9.17, 15) is 13.2 Å². The summed E-state index contributed by atoms with van der Waals surface area (Å²) >= 11 is 0. The Morgan fingerprint density at radius 3 is 2.58 bits per heavy atom. The molecule has 1 aromatic rings.